The van der Waals surface area contributed by atoms with Crippen LogP contribution in [0.25, 0.3) is 17.2 Å². The Bertz CT molecular complexity index is 679. The average molecular weight is 300 g/mol. The van der Waals surface area contributed by atoms with Crippen LogP contribution in [0.15, 0.2) is 30.3 Å². The molecule has 0 radical (unpaired) electrons. The molecule has 2 aliphatic carbocycles. The summed E-state index contributed by atoms with van der Waals surface area (Å²) < 4.78 is 2.38. The van der Waals surface area contributed by atoms with Crippen molar-refractivity contribution in [1.82, 2.24) is 4.57 Å². The lowest BCUT2D eigenvalue weighted by atomic mass is 9.96. The van der Waals surface area contributed by atoms with Crippen LogP contribution in [0.4, 0.5) is 0 Å². The number of rotatable bonds is 0. The molecule has 1 heterocycles. The van der Waals surface area contributed by atoms with Crippen molar-refractivity contribution >= 4 is 22.0 Å². The van der Waals surface area contributed by atoms with E-state index < -0.39 is 0 Å². The van der Waals surface area contributed by atoms with Crippen molar-refractivity contribution in [3.05, 3.63) is 52.9 Å². The third-order valence-electron chi connectivity index (χ3n) is 4.17. The third-order valence-corrected chi connectivity index (χ3v) is 4.80. The molecule has 2 heteroatoms. The first-order valence-electron chi connectivity index (χ1n) is 6.36. The van der Waals surface area contributed by atoms with E-state index in [1.807, 2.05) is 0 Å². The molecule has 0 saturated carbocycles. The number of fused-ring (bicyclic) bond motifs is 5. The summed E-state index contributed by atoms with van der Waals surface area (Å²) >= 11 is 3.72. The molecule has 0 N–H and O–H groups in total. The van der Waals surface area contributed by atoms with Crippen molar-refractivity contribution in [2.24, 2.45) is 7.05 Å². The van der Waals surface area contributed by atoms with E-state index in [9.17, 15) is 0 Å². The molecule has 0 saturated heterocycles. The summed E-state index contributed by atoms with van der Waals surface area (Å²) in [5, 5.41) is 0. The summed E-state index contributed by atoms with van der Waals surface area (Å²) in [5.41, 5.74) is 8.80. The van der Waals surface area contributed by atoms with Gasteiger partial charge in [-0.05, 0) is 29.2 Å². The van der Waals surface area contributed by atoms with Gasteiger partial charge in [-0.15, -0.1) is 0 Å². The van der Waals surface area contributed by atoms with Crippen LogP contribution >= 0.6 is 15.9 Å². The molecular formula is C16H14BrN. The van der Waals surface area contributed by atoms with Gasteiger partial charge in [0.1, 0.15) is 0 Å². The van der Waals surface area contributed by atoms with Crippen LogP contribution in [0.1, 0.15) is 22.5 Å². The monoisotopic (exact) mass is 299 g/mol. The Labute approximate surface area is 115 Å². The van der Waals surface area contributed by atoms with Crippen molar-refractivity contribution < 1.29 is 0 Å². The van der Waals surface area contributed by atoms with E-state index in [2.05, 4.69) is 64.0 Å². The van der Waals surface area contributed by atoms with Gasteiger partial charge >= 0.3 is 0 Å². The zero-order chi connectivity index (χ0) is 12.3. The molecule has 1 unspecified atom stereocenters. The van der Waals surface area contributed by atoms with Gasteiger partial charge in [0.05, 0.1) is 0 Å². The number of alkyl halides is 1. The van der Waals surface area contributed by atoms with Crippen LogP contribution in [-0.2, 0) is 19.9 Å². The fourth-order valence-corrected chi connectivity index (χ4v) is 3.80. The van der Waals surface area contributed by atoms with Crippen LogP contribution in [0.5, 0.6) is 0 Å². The number of aromatic nitrogens is 1. The van der Waals surface area contributed by atoms with E-state index in [0.29, 0.717) is 4.83 Å². The van der Waals surface area contributed by atoms with E-state index in [0.717, 1.165) is 12.8 Å². The van der Waals surface area contributed by atoms with E-state index in [1.165, 1.54) is 33.6 Å². The van der Waals surface area contributed by atoms with E-state index in [1.54, 1.807) is 0 Å². The first-order valence-corrected chi connectivity index (χ1v) is 7.28. The normalized spacial score (nSPS) is 19.6. The molecule has 1 nitrogen and oxygen atoms in total. The van der Waals surface area contributed by atoms with Crippen LogP contribution in [0, 0.1) is 0 Å². The number of nitrogens with zero attached hydrogens (tertiary/aromatic N) is 1. The topological polar surface area (TPSA) is 4.93 Å². The molecule has 2 aliphatic rings. The van der Waals surface area contributed by atoms with E-state index in [-0.39, 0.29) is 0 Å². The lowest BCUT2D eigenvalue weighted by Crippen LogP contribution is -2.07. The zero-order valence-corrected chi connectivity index (χ0v) is 11.9. The lowest BCUT2D eigenvalue weighted by Gasteiger charge is -2.14. The Balaban J connectivity index is 2.03. The zero-order valence-electron chi connectivity index (χ0n) is 10.3. The highest BCUT2D eigenvalue weighted by molar-refractivity contribution is 9.09. The second kappa shape index (κ2) is 3.61. The second-order valence-electron chi connectivity index (χ2n) is 5.16. The Hall–Kier alpha value is -1.28. The molecule has 0 fully saturated rings. The largest absolute Gasteiger partial charge is 0.347 e. The fourth-order valence-electron chi connectivity index (χ4n) is 3.32. The highest BCUT2D eigenvalue weighted by atomic mass is 79.9. The first-order chi connectivity index (χ1) is 8.75. The van der Waals surface area contributed by atoms with Gasteiger partial charge in [0.25, 0.3) is 0 Å². The van der Waals surface area contributed by atoms with E-state index in [4.69, 9.17) is 0 Å². The van der Waals surface area contributed by atoms with Gasteiger partial charge in [0.15, 0.2) is 0 Å². The summed E-state index contributed by atoms with van der Waals surface area (Å²) in [6.07, 6.45) is 6.70. The molecule has 18 heavy (non-hydrogen) atoms. The molecule has 0 aliphatic heterocycles. The number of allylic oxidation sites excluding steroid dienone is 1. The van der Waals surface area contributed by atoms with Crippen molar-refractivity contribution in [2.45, 2.75) is 17.7 Å². The van der Waals surface area contributed by atoms with Crippen LogP contribution < -0.4 is 0 Å². The number of halogens is 1. The summed E-state index contributed by atoms with van der Waals surface area (Å²) in [6.45, 7) is 0. The van der Waals surface area contributed by atoms with Gasteiger partial charge in [0.2, 0.25) is 0 Å². The molecule has 1 aromatic carbocycles. The lowest BCUT2D eigenvalue weighted by molar-refractivity contribution is 0.839. The Morgan fingerprint density at radius 3 is 3.00 bits per heavy atom. The molecule has 0 amide bonds. The summed E-state index contributed by atoms with van der Waals surface area (Å²) in [7, 11) is 2.20. The van der Waals surface area contributed by atoms with Crippen molar-refractivity contribution in [2.75, 3.05) is 0 Å². The van der Waals surface area contributed by atoms with E-state index >= 15 is 0 Å². The van der Waals surface area contributed by atoms with Crippen LogP contribution in [0.3, 0.4) is 0 Å². The average Bonchev–Trinajstić information content (AvgIpc) is 2.87. The van der Waals surface area contributed by atoms with Gasteiger partial charge < -0.3 is 4.57 Å². The number of hydrogen-bond acceptors (Lipinski definition) is 0. The smallest absolute Gasteiger partial charge is 0.0443 e. The molecule has 1 atom stereocenters. The Kier molecular flexibility index (Phi) is 2.13. The van der Waals surface area contributed by atoms with Crippen molar-refractivity contribution in [3.8, 4) is 11.1 Å². The van der Waals surface area contributed by atoms with Crippen molar-refractivity contribution in [3.63, 3.8) is 0 Å². The highest BCUT2D eigenvalue weighted by Gasteiger charge is 2.29. The van der Waals surface area contributed by atoms with Crippen LogP contribution in [-0.4, -0.2) is 9.39 Å². The van der Waals surface area contributed by atoms with Crippen molar-refractivity contribution in [1.29, 1.82) is 0 Å². The molecule has 0 bridgehead atoms. The predicted octanol–water partition coefficient (Wildman–Crippen LogP) is 3.93. The SMILES string of the molecule is Cn1c2c(c3c1Cc1ccccc1-3)CC(Br)C=C2. The minimum atomic E-state index is 0.476. The summed E-state index contributed by atoms with van der Waals surface area (Å²) in [4.78, 5) is 0.476. The van der Waals surface area contributed by atoms with Gasteiger partial charge in [-0.2, -0.15) is 0 Å². The number of hydrogen-bond donors (Lipinski definition) is 0. The van der Waals surface area contributed by atoms with Gasteiger partial charge in [-0.1, -0.05) is 46.3 Å². The molecular weight excluding hydrogens is 286 g/mol. The highest BCUT2D eigenvalue weighted by Crippen LogP contribution is 2.44. The second-order valence-corrected chi connectivity index (χ2v) is 6.33. The molecule has 2 aromatic rings. The quantitative estimate of drug-likeness (QED) is 0.554. The maximum Gasteiger partial charge on any atom is 0.0443 e. The number of benzene rings is 1. The summed E-state index contributed by atoms with van der Waals surface area (Å²) in [6, 6.07) is 8.82. The Morgan fingerprint density at radius 2 is 2.11 bits per heavy atom. The first kappa shape index (κ1) is 10.6. The standard InChI is InChI=1S/C16H14BrN/c1-18-14-7-6-11(17)9-13(14)16-12-5-3-2-4-10(12)8-15(16)18/h2-7,11H,8-9H2,1H3. The van der Waals surface area contributed by atoms with Gasteiger partial charge in [-0.25, -0.2) is 0 Å². The van der Waals surface area contributed by atoms with Gasteiger partial charge in [0, 0.05) is 35.2 Å². The Morgan fingerprint density at radius 1 is 1.28 bits per heavy atom. The van der Waals surface area contributed by atoms with Gasteiger partial charge in [-0.3, -0.25) is 0 Å². The third kappa shape index (κ3) is 1.27. The van der Waals surface area contributed by atoms with Crippen LogP contribution in [0.2, 0.25) is 0 Å². The fraction of sp³-hybridized carbons (Fsp3) is 0.250. The maximum atomic E-state index is 3.72. The summed E-state index contributed by atoms with van der Waals surface area (Å²) in [5.74, 6) is 0. The predicted molar refractivity (Wildman–Crippen MR) is 79.1 cm³/mol. The minimum Gasteiger partial charge on any atom is -0.347 e. The maximum absolute atomic E-state index is 3.72. The minimum absolute atomic E-state index is 0.476. The molecule has 90 valence electrons. The molecule has 4 rings (SSSR count). The molecule has 0 spiro atoms. The molecule has 1 aromatic heterocycles.